The second-order valence-electron chi connectivity index (χ2n) is 6.55. The SMILES string of the molecule is O=C(c1cccs1)N1CCN([C@@H]2C[C@@H]3CC[C@@H]2C3)CC1. The van der Waals surface area contributed by atoms with Gasteiger partial charge in [0.15, 0.2) is 0 Å². The van der Waals surface area contributed by atoms with E-state index < -0.39 is 0 Å². The van der Waals surface area contributed by atoms with Gasteiger partial charge >= 0.3 is 0 Å². The van der Waals surface area contributed by atoms with E-state index in [0.29, 0.717) is 0 Å². The molecule has 2 bridgehead atoms. The third-order valence-corrected chi connectivity index (χ3v) is 6.36. The minimum absolute atomic E-state index is 0.229. The van der Waals surface area contributed by atoms with Crippen LogP contribution in [0.15, 0.2) is 17.5 Å². The fraction of sp³-hybridized carbons (Fsp3) is 0.688. The van der Waals surface area contributed by atoms with Gasteiger partial charge < -0.3 is 4.90 Å². The maximum absolute atomic E-state index is 12.3. The van der Waals surface area contributed by atoms with Crippen molar-refractivity contribution in [2.75, 3.05) is 26.2 Å². The Morgan fingerprint density at radius 2 is 2.00 bits per heavy atom. The van der Waals surface area contributed by atoms with Gasteiger partial charge in [0.05, 0.1) is 4.88 Å². The summed E-state index contributed by atoms with van der Waals surface area (Å²) in [5.74, 6) is 2.20. The Labute approximate surface area is 124 Å². The molecule has 3 nitrogen and oxygen atoms in total. The molecule has 1 aromatic heterocycles. The Balaban J connectivity index is 1.35. The van der Waals surface area contributed by atoms with Gasteiger partial charge in [-0.05, 0) is 42.5 Å². The smallest absolute Gasteiger partial charge is 0.264 e. The molecule has 108 valence electrons. The average Bonchev–Trinajstić information content (AvgIpc) is 3.23. The van der Waals surface area contributed by atoms with Crippen LogP contribution < -0.4 is 0 Å². The van der Waals surface area contributed by atoms with Crippen LogP contribution in [0.3, 0.4) is 0 Å². The van der Waals surface area contributed by atoms with Crippen LogP contribution in [0.2, 0.25) is 0 Å². The van der Waals surface area contributed by atoms with E-state index in [9.17, 15) is 4.79 Å². The lowest BCUT2D eigenvalue weighted by Crippen LogP contribution is -2.53. The maximum Gasteiger partial charge on any atom is 0.264 e. The van der Waals surface area contributed by atoms with Crippen LogP contribution in [0.1, 0.15) is 35.4 Å². The van der Waals surface area contributed by atoms with Gasteiger partial charge in [0.25, 0.3) is 5.91 Å². The third kappa shape index (κ3) is 2.19. The minimum Gasteiger partial charge on any atom is -0.335 e. The zero-order valence-corrected chi connectivity index (χ0v) is 12.6. The topological polar surface area (TPSA) is 23.6 Å². The molecule has 1 aliphatic heterocycles. The van der Waals surface area contributed by atoms with E-state index in [1.807, 2.05) is 22.4 Å². The Kier molecular flexibility index (Phi) is 3.31. The molecule has 3 fully saturated rings. The molecule has 2 heterocycles. The summed E-state index contributed by atoms with van der Waals surface area (Å²) in [5.41, 5.74) is 0. The zero-order valence-electron chi connectivity index (χ0n) is 11.8. The lowest BCUT2D eigenvalue weighted by atomic mass is 9.93. The molecule has 0 aromatic carbocycles. The number of nitrogens with zero attached hydrogens (tertiary/aromatic N) is 2. The molecule has 0 unspecified atom stereocenters. The summed E-state index contributed by atoms with van der Waals surface area (Å²) in [5, 5.41) is 1.98. The van der Waals surface area contributed by atoms with E-state index in [4.69, 9.17) is 0 Å². The number of thiophene rings is 1. The van der Waals surface area contributed by atoms with Gasteiger partial charge in [-0.15, -0.1) is 11.3 Å². The van der Waals surface area contributed by atoms with E-state index >= 15 is 0 Å². The molecule has 2 saturated carbocycles. The van der Waals surface area contributed by atoms with Crippen LogP contribution >= 0.6 is 11.3 Å². The van der Waals surface area contributed by atoms with E-state index in [2.05, 4.69) is 4.90 Å². The summed E-state index contributed by atoms with van der Waals surface area (Å²) in [7, 11) is 0. The van der Waals surface area contributed by atoms with Gasteiger partial charge in [-0.3, -0.25) is 9.69 Å². The lowest BCUT2D eigenvalue weighted by Gasteiger charge is -2.40. The lowest BCUT2D eigenvalue weighted by molar-refractivity contribution is 0.0499. The molecular weight excluding hydrogens is 268 g/mol. The van der Waals surface area contributed by atoms with Crippen molar-refractivity contribution in [1.82, 2.24) is 9.80 Å². The predicted molar refractivity (Wildman–Crippen MR) is 81.0 cm³/mol. The van der Waals surface area contributed by atoms with Gasteiger partial charge in [0.2, 0.25) is 0 Å². The van der Waals surface area contributed by atoms with Crippen molar-refractivity contribution < 1.29 is 4.79 Å². The number of piperazine rings is 1. The van der Waals surface area contributed by atoms with E-state index in [0.717, 1.165) is 48.9 Å². The van der Waals surface area contributed by atoms with E-state index in [1.54, 1.807) is 11.3 Å². The summed E-state index contributed by atoms with van der Waals surface area (Å²) in [6.45, 7) is 3.96. The van der Waals surface area contributed by atoms with Crippen molar-refractivity contribution >= 4 is 17.2 Å². The standard InChI is InChI=1S/C16H22N2OS/c19-16(15-2-1-9-20-15)18-7-5-17(6-8-18)14-11-12-3-4-13(14)10-12/h1-2,9,12-14H,3-8,10-11H2/t12-,13-,14-/m1/s1. The van der Waals surface area contributed by atoms with Gasteiger partial charge in [0, 0.05) is 32.2 Å². The fourth-order valence-corrected chi connectivity index (χ4v) is 5.16. The summed E-state index contributed by atoms with van der Waals surface area (Å²) >= 11 is 1.56. The van der Waals surface area contributed by atoms with Crippen molar-refractivity contribution in [3.63, 3.8) is 0 Å². The normalized spacial score (nSPS) is 33.8. The van der Waals surface area contributed by atoms with Crippen LogP contribution in [0.5, 0.6) is 0 Å². The highest BCUT2D eigenvalue weighted by molar-refractivity contribution is 7.12. The van der Waals surface area contributed by atoms with Crippen LogP contribution in [0.4, 0.5) is 0 Å². The third-order valence-electron chi connectivity index (χ3n) is 5.50. The number of hydrogen-bond acceptors (Lipinski definition) is 3. The molecule has 1 amide bonds. The molecule has 3 aliphatic rings. The van der Waals surface area contributed by atoms with Crippen molar-refractivity contribution in [3.8, 4) is 0 Å². The molecule has 0 radical (unpaired) electrons. The molecule has 0 N–H and O–H groups in total. The van der Waals surface area contributed by atoms with Crippen molar-refractivity contribution in [2.24, 2.45) is 11.8 Å². The molecule has 0 spiro atoms. The highest BCUT2D eigenvalue weighted by atomic mass is 32.1. The number of rotatable bonds is 2. The molecule has 2 aliphatic carbocycles. The highest BCUT2D eigenvalue weighted by Crippen LogP contribution is 2.46. The zero-order chi connectivity index (χ0) is 13.5. The first-order valence-electron chi connectivity index (χ1n) is 7.88. The van der Waals surface area contributed by atoms with Crippen LogP contribution in [-0.4, -0.2) is 47.9 Å². The summed E-state index contributed by atoms with van der Waals surface area (Å²) in [6, 6.07) is 4.73. The Morgan fingerprint density at radius 1 is 1.15 bits per heavy atom. The maximum atomic E-state index is 12.3. The quantitative estimate of drug-likeness (QED) is 0.836. The van der Waals surface area contributed by atoms with Gasteiger partial charge in [-0.2, -0.15) is 0 Å². The Morgan fingerprint density at radius 3 is 2.60 bits per heavy atom. The second kappa shape index (κ2) is 5.15. The Hall–Kier alpha value is -0.870. The number of carbonyl (C=O) groups excluding carboxylic acids is 1. The van der Waals surface area contributed by atoms with E-state index in [-0.39, 0.29) is 5.91 Å². The summed E-state index contributed by atoms with van der Waals surface area (Å²) in [4.78, 5) is 17.9. The number of amides is 1. The van der Waals surface area contributed by atoms with Gasteiger partial charge in [0.1, 0.15) is 0 Å². The predicted octanol–water partition coefficient (Wildman–Crippen LogP) is 2.69. The summed E-state index contributed by atoms with van der Waals surface area (Å²) in [6.07, 6.45) is 5.81. The minimum atomic E-state index is 0.229. The Bertz CT molecular complexity index is 479. The molecule has 4 rings (SSSR count). The molecular formula is C16H22N2OS. The molecule has 4 heteroatoms. The first-order valence-corrected chi connectivity index (χ1v) is 8.76. The summed E-state index contributed by atoms with van der Waals surface area (Å²) < 4.78 is 0. The molecule has 20 heavy (non-hydrogen) atoms. The van der Waals surface area contributed by atoms with Crippen LogP contribution in [-0.2, 0) is 0 Å². The van der Waals surface area contributed by atoms with Crippen LogP contribution in [0.25, 0.3) is 0 Å². The number of hydrogen-bond donors (Lipinski definition) is 0. The van der Waals surface area contributed by atoms with Crippen LogP contribution in [0, 0.1) is 11.8 Å². The van der Waals surface area contributed by atoms with Crippen molar-refractivity contribution in [1.29, 1.82) is 0 Å². The van der Waals surface area contributed by atoms with E-state index in [1.165, 1.54) is 25.7 Å². The van der Waals surface area contributed by atoms with Crippen molar-refractivity contribution in [3.05, 3.63) is 22.4 Å². The van der Waals surface area contributed by atoms with Gasteiger partial charge in [-0.1, -0.05) is 12.5 Å². The van der Waals surface area contributed by atoms with Gasteiger partial charge in [-0.25, -0.2) is 0 Å². The fourth-order valence-electron chi connectivity index (χ4n) is 4.47. The monoisotopic (exact) mass is 290 g/mol. The number of carbonyl (C=O) groups is 1. The largest absolute Gasteiger partial charge is 0.335 e. The van der Waals surface area contributed by atoms with Crippen molar-refractivity contribution in [2.45, 2.75) is 31.7 Å². The molecule has 3 atom stereocenters. The number of fused-ring (bicyclic) bond motifs is 2. The first-order chi connectivity index (χ1) is 9.81. The second-order valence-corrected chi connectivity index (χ2v) is 7.50. The molecule has 1 saturated heterocycles. The highest BCUT2D eigenvalue weighted by Gasteiger charge is 2.42. The average molecular weight is 290 g/mol. The molecule has 1 aromatic rings. The first kappa shape index (κ1) is 12.8.